The topological polar surface area (TPSA) is 130 Å². The number of rotatable bonds is 7. The summed E-state index contributed by atoms with van der Waals surface area (Å²) < 4.78 is 11.0. The van der Waals surface area contributed by atoms with Gasteiger partial charge in [-0.3, -0.25) is 30.1 Å². The quantitative estimate of drug-likeness (QED) is 0.445. The van der Waals surface area contributed by atoms with Crippen LogP contribution in [-0.2, 0) is 16.2 Å². The first-order valence-corrected chi connectivity index (χ1v) is 10.5. The average molecular weight is 440 g/mol. The highest BCUT2D eigenvalue weighted by molar-refractivity contribution is 6.07. The predicted octanol–water partition coefficient (Wildman–Crippen LogP) is 1.87. The summed E-state index contributed by atoms with van der Waals surface area (Å²) in [7, 11) is 0. The minimum atomic E-state index is -0.803. The highest BCUT2D eigenvalue weighted by Gasteiger charge is 2.52. The van der Waals surface area contributed by atoms with Crippen molar-refractivity contribution in [2.75, 3.05) is 6.54 Å². The maximum atomic E-state index is 12.6. The van der Waals surface area contributed by atoms with Gasteiger partial charge in [0, 0.05) is 13.0 Å². The Morgan fingerprint density at radius 2 is 1.81 bits per heavy atom. The van der Waals surface area contributed by atoms with Crippen LogP contribution in [0.5, 0.6) is 5.75 Å². The molecule has 32 heavy (non-hydrogen) atoms. The highest BCUT2D eigenvalue weighted by Crippen LogP contribution is 2.35. The van der Waals surface area contributed by atoms with Gasteiger partial charge >= 0.3 is 11.9 Å². The number of hydrogen-bond acceptors (Lipinski definition) is 6. The zero-order valence-electron chi connectivity index (χ0n) is 17.4. The smallest absolute Gasteiger partial charge is 0.325 e. The number of nitrogens with one attached hydrogen (secondary N) is 3. The Bertz CT molecular complexity index is 1010. The number of ether oxygens (including phenoxy) is 1. The number of nitrogens with zero attached hydrogens (tertiary/aromatic N) is 1. The average Bonchev–Trinajstić information content (AvgIpc) is 3.51. The Morgan fingerprint density at radius 3 is 2.56 bits per heavy atom. The minimum absolute atomic E-state index is 0.00855. The van der Waals surface area contributed by atoms with Gasteiger partial charge in [-0.15, -0.1) is 0 Å². The highest BCUT2D eigenvalue weighted by atomic mass is 16.5. The molecule has 5 amide bonds. The van der Waals surface area contributed by atoms with E-state index in [1.165, 1.54) is 6.07 Å². The van der Waals surface area contributed by atoms with Crippen molar-refractivity contribution >= 4 is 23.8 Å². The van der Waals surface area contributed by atoms with Gasteiger partial charge in [0.1, 0.15) is 23.7 Å². The second-order valence-corrected chi connectivity index (χ2v) is 7.80. The number of furan rings is 1. The number of urea groups is 1. The van der Waals surface area contributed by atoms with E-state index in [1.807, 2.05) is 18.2 Å². The Balaban J connectivity index is 1.20. The molecule has 2 heterocycles. The first-order valence-electron chi connectivity index (χ1n) is 10.5. The summed E-state index contributed by atoms with van der Waals surface area (Å²) in [5, 5.41) is 2.76. The van der Waals surface area contributed by atoms with Gasteiger partial charge in [-0.05, 0) is 37.1 Å². The summed E-state index contributed by atoms with van der Waals surface area (Å²) in [6.45, 7) is 0.0902. The van der Waals surface area contributed by atoms with Crippen molar-refractivity contribution in [3.63, 3.8) is 0 Å². The fourth-order valence-electron chi connectivity index (χ4n) is 3.91. The molecule has 10 heteroatoms. The number of hydrazine groups is 1. The van der Waals surface area contributed by atoms with Crippen molar-refractivity contribution in [3.8, 4) is 5.75 Å². The van der Waals surface area contributed by atoms with Crippen molar-refractivity contribution < 1.29 is 28.3 Å². The van der Waals surface area contributed by atoms with Crippen LogP contribution >= 0.6 is 0 Å². The normalized spacial score (nSPS) is 16.8. The lowest BCUT2D eigenvalue weighted by molar-refractivity contribution is -0.131. The van der Waals surface area contributed by atoms with Crippen LogP contribution in [-0.4, -0.2) is 40.7 Å². The van der Waals surface area contributed by atoms with Crippen molar-refractivity contribution in [1.82, 2.24) is 21.1 Å². The van der Waals surface area contributed by atoms with E-state index < -0.39 is 23.4 Å². The lowest BCUT2D eigenvalue weighted by Crippen LogP contribution is -2.45. The van der Waals surface area contributed by atoms with Crippen LogP contribution in [0, 0.1) is 0 Å². The number of amides is 5. The van der Waals surface area contributed by atoms with Crippen molar-refractivity contribution in [1.29, 1.82) is 0 Å². The summed E-state index contributed by atoms with van der Waals surface area (Å²) >= 11 is 0. The van der Waals surface area contributed by atoms with Crippen LogP contribution in [0.25, 0.3) is 0 Å². The van der Waals surface area contributed by atoms with E-state index in [2.05, 4.69) is 16.2 Å². The second kappa shape index (κ2) is 9.13. The molecule has 2 fully saturated rings. The van der Waals surface area contributed by atoms with Gasteiger partial charge < -0.3 is 14.5 Å². The van der Waals surface area contributed by atoms with E-state index in [9.17, 15) is 19.2 Å². The van der Waals surface area contributed by atoms with E-state index in [4.69, 9.17) is 9.15 Å². The maximum Gasteiger partial charge on any atom is 0.325 e. The van der Waals surface area contributed by atoms with Crippen molar-refractivity contribution in [2.24, 2.45) is 0 Å². The Hall–Kier alpha value is -3.82. The number of imide groups is 1. The molecule has 3 N–H and O–H groups in total. The Labute approximate surface area is 184 Å². The molecule has 1 spiro atoms. The van der Waals surface area contributed by atoms with Crippen LogP contribution < -0.4 is 20.9 Å². The molecule has 1 aliphatic heterocycles. The van der Waals surface area contributed by atoms with Gasteiger partial charge in [0.15, 0.2) is 5.76 Å². The summed E-state index contributed by atoms with van der Waals surface area (Å²) in [6.07, 6.45) is 2.89. The number of hydrogen-bond donors (Lipinski definition) is 3. The van der Waals surface area contributed by atoms with Gasteiger partial charge in [-0.1, -0.05) is 31.0 Å². The third-order valence-electron chi connectivity index (χ3n) is 5.59. The summed E-state index contributed by atoms with van der Waals surface area (Å²) in [6, 6.07) is 11.8. The van der Waals surface area contributed by atoms with Gasteiger partial charge in [-0.2, -0.15) is 0 Å². The molecule has 4 rings (SSSR count). The zero-order chi connectivity index (χ0) is 22.6. The van der Waals surface area contributed by atoms with Crippen molar-refractivity contribution in [2.45, 2.75) is 44.2 Å². The molecule has 2 aliphatic rings. The van der Waals surface area contributed by atoms with Crippen molar-refractivity contribution in [3.05, 3.63) is 54.0 Å². The van der Waals surface area contributed by atoms with E-state index >= 15 is 0 Å². The Kier molecular flexibility index (Phi) is 6.11. The fourth-order valence-corrected chi connectivity index (χ4v) is 3.91. The summed E-state index contributed by atoms with van der Waals surface area (Å²) in [4.78, 5) is 50.0. The first kappa shape index (κ1) is 21.4. The molecule has 10 nitrogen and oxygen atoms in total. The third-order valence-corrected chi connectivity index (χ3v) is 5.59. The van der Waals surface area contributed by atoms with Crippen LogP contribution in [0.15, 0.2) is 46.9 Å². The third kappa shape index (κ3) is 4.58. The van der Waals surface area contributed by atoms with Gasteiger partial charge in [0.25, 0.3) is 5.91 Å². The largest absolute Gasteiger partial charge is 0.486 e. The second-order valence-electron chi connectivity index (χ2n) is 7.80. The molecule has 2 aromatic rings. The predicted molar refractivity (Wildman–Crippen MR) is 111 cm³/mol. The molecule has 0 unspecified atom stereocenters. The van der Waals surface area contributed by atoms with E-state index in [0.717, 1.165) is 17.7 Å². The van der Waals surface area contributed by atoms with Crippen LogP contribution in [0.1, 0.15) is 48.4 Å². The summed E-state index contributed by atoms with van der Waals surface area (Å²) in [5.41, 5.74) is 3.72. The molecule has 1 saturated heterocycles. The van der Waals surface area contributed by atoms with E-state index in [0.29, 0.717) is 24.4 Å². The molecular weight excluding hydrogens is 416 g/mol. The molecule has 0 atom stereocenters. The molecule has 1 aromatic heterocycles. The molecule has 168 valence electrons. The molecule has 0 bridgehead atoms. The summed E-state index contributed by atoms with van der Waals surface area (Å²) in [5.74, 6) is -0.322. The van der Waals surface area contributed by atoms with Gasteiger partial charge in [0.05, 0.1) is 0 Å². The minimum Gasteiger partial charge on any atom is -0.486 e. The Morgan fingerprint density at radius 1 is 1.06 bits per heavy atom. The number of carbonyl (C=O) groups excluding carboxylic acids is 4. The molecule has 1 saturated carbocycles. The molecule has 1 aliphatic carbocycles. The van der Waals surface area contributed by atoms with Crippen LogP contribution in [0.4, 0.5) is 4.79 Å². The standard InChI is InChI=1S/C22H24N4O6/c27-18(10-13-26-20(29)22(23-21(26)30)11-4-5-12-22)24-25-19(28)17-9-8-16(32-17)14-31-15-6-2-1-3-7-15/h1-3,6-9H,4-5,10-14H2,(H,23,30)(H,24,27)(H,25,28). The number of para-hydroxylation sites is 1. The lowest BCUT2D eigenvalue weighted by atomic mass is 9.98. The SMILES string of the molecule is O=C(CCN1C(=O)NC2(CCCC2)C1=O)NNC(=O)c1ccc(COc2ccccc2)o1. The molecule has 0 radical (unpaired) electrons. The fraction of sp³-hybridized carbons (Fsp3) is 0.364. The van der Waals surface area contributed by atoms with Crippen LogP contribution in [0.2, 0.25) is 0 Å². The number of carbonyl (C=O) groups is 4. The van der Waals surface area contributed by atoms with Gasteiger partial charge in [0.2, 0.25) is 5.91 Å². The van der Waals surface area contributed by atoms with Crippen LogP contribution in [0.3, 0.4) is 0 Å². The molecular formula is C22H24N4O6. The first-order chi connectivity index (χ1) is 15.5. The zero-order valence-corrected chi connectivity index (χ0v) is 17.4. The van der Waals surface area contributed by atoms with E-state index in [1.54, 1.807) is 18.2 Å². The van der Waals surface area contributed by atoms with E-state index in [-0.39, 0.29) is 31.2 Å². The lowest BCUT2D eigenvalue weighted by Gasteiger charge is -2.19. The number of benzene rings is 1. The molecule has 1 aromatic carbocycles. The maximum absolute atomic E-state index is 12.6. The van der Waals surface area contributed by atoms with Gasteiger partial charge in [-0.25, -0.2) is 4.79 Å². The monoisotopic (exact) mass is 440 g/mol.